The maximum Gasteiger partial charge on any atom is 0.122 e. The Labute approximate surface area is 58.1 Å². The lowest BCUT2D eigenvalue weighted by Gasteiger charge is -2.07. The molecule has 0 atom stereocenters. The fourth-order valence-corrected chi connectivity index (χ4v) is 4.10. The first-order valence-corrected chi connectivity index (χ1v) is 5.58. The van der Waals surface area contributed by atoms with Gasteiger partial charge >= 0.3 is 0 Å². The van der Waals surface area contributed by atoms with Crippen LogP contribution in [0.3, 0.4) is 0 Å². The van der Waals surface area contributed by atoms with Crippen molar-refractivity contribution >= 4 is 22.7 Å². The van der Waals surface area contributed by atoms with E-state index < -0.39 is 0 Å². The van der Waals surface area contributed by atoms with Crippen molar-refractivity contribution in [3.05, 3.63) is 12.0 Å². The van der Waals surface area contributed by atoms with E-state index in [0.29, 0.717) is 10.9 Å². The van der Waals surface area contributed by atoms with Crippen molar-refractivity contribution < 1.29 is 0 Å². The second-order valence-corrected chi connectivity index (χ2v) is 5.17. The molecule has 8 heavy (non-hydrogen) atoms. The smallest absolute Gasteiger partial charge is 0.122 e. The molecule has 1 rings (SSSR count). The third-order valence-electron chi connectivity index (χ3n) is 1.22. The average Bonchev–Trinajstić information content (AvgIpc) is 1.90. The van der Waals surface area contributed by atoms with Crippen molar-refractivity contribution in [3.8, 4) is 0 Å². The Bertz CT molecular complexity index is 74.6. The zero-order valence-electron chi connectivity index (χ0n) is 4.93. The molecule has 1 heterocycles. The lowest BCUT2D eigenvalue weighted by molar-refractivity contribution is 1.41. The van der Waals surface area contributed by atoms with Gasteiger partial charge in [0.15, 0.2) is 0 Å². The Balaban J connectivity index is 2.22. The van der Waals surface area contributed by atoms with Gasteiger partial charge in [-0.25, -0.2) is 0 Å². The molecule has 0 N–H and O–H groups in total. The third-order valence-corrected chi connectivity index (χ3v) is 4.65. The van der Waals surface area contributed by atoms with Crippen LogP contribution in [0, 0.1) is 0 Å². The van der Waals surface area contributed by atoms with Gasteiger partial charge in [0.1, 0.15) is 16.9 Å². The summed E-state index contributed by atoms with van der Waals surface area (Å²) in [6, 6.07) is 0. The van der Waals surface area contributed by atoms with Crippen molar-refractivity contribution in [1.82, 2.24) is 0 Å². The standard InChI is InChI=1S/C6H11S2/c1-2-8-5-3-7-4-6-8/h2H,1,3-6H2/q+1. The fraction of sp³-hybridized carbons (Fsp3) is 0.667. The summed E-state index contributed by atoms with van der Waals surface area (Å²) in [4.78, 5) is 0. The van der Waals surface area contributed by atoms with Gasteiger partial charge in [-0.05, 0) is 0 Å². The molecule has 1 fully saturated rings. The van der Waals surface area contributed by atoms with Crippen LogP contribution in [0.15, 0.2) is 12.0 Å². The van der Waals surface area contributed by atoms with Crippen molar-refractivity contribution in [2.75, 3.05) is 23.0 Å². The predicted octanol–water partition coefficient (Wildman–Crippen LogP) is 1.49. The van der Waals surface area contributed by atoms with E-state index in [2.05, 4.69) is 23.7 Å². The van der Waals surface area contributed by atoms with Crippen molar-refractivity contribution in [2.45, 2.75) is 0 Å². The third kappa shape index (κ3) is 1.75. The van der Waals surface area contributed by atoms with E-state index in [1.54, 1.807) is 0 Å². The number of rotatable bonds is 1. The molecule has 0 bridgehead atoms. The summed E-state index contributed by atoms with van der Waals surface area (Å²) in [6.07, 6.45) is 0. The van der Waals surface area contributed by atoms with Crippen LogP contribution in [0.25, 0.3) is 0 Å². The molecule has 46 valence electrons. The van der Waals surface area contributed by atoms with E-state index >= 15 is 0 Å². The molecule has 0 radical (unpaired) electrons. The molecule has 0 aliphatic carbocycles. The molecule has 2 heteroatoms. The molecule has 0 nitrogen and oxygen atoms in total. The molecular formula is C6H11S2+. The van der Waals surface area contributed by atoms with Crippen LogP contribution >= 0.6 is 11.8 Å². The SMILES string of the molecule is C=C[S+]1CCSCC1. The van der Waals surface area contributed by atoms with E-state index in [1.165, 1.54) is 23.0 Å². The van der Waals surface area contributed by atoms with Gasteiger partial charge in [0.05, 0.1) is 0 Å². The van der Waals surface area contributed by atoms with Crippen LogP contribution in [0.2, 0.25) is 0 Å². The molecule has 1 aliphatic heterocycles. The molecule has 1 aliphatic rings. The van der Waals surface area contributed by atoms with Crippen LogP contribution in [-0.4, -0.2) is 23.0 Å². The summed E-state index contributed by atoms with van der Waals surface area (Å²) in [7, 11) is 0.591. The molecule has 0 aromatic carbocycles. The van der Waals surface area contributed by atoms with Gasteiger partial charge in [-0.15, -0.1) is 0 Å². The van der Waals surface area contributed by atoms with Gasteiger partial charge in [-0.2, -0.15) is 11.8 Å². The molecule has 0 aromatic heterocycles. The molecule has 0 amide bonds. The maximum absolute atomic E-state index is 3.79. The summed E-state index contributed by atoms with van der Waals surface area (Å²) in [5.74, 6) is 5.48. The summed E-state index contributed by atoms with van der Waals surface area (Å²) >= 11 is 2.07. The number of thioether (sulfide) groups is 1. The van der Waals surface area contributed by atoms with E-state index in [1.807, 2.05) is 0 Å². The molecular weight excluding hydrogens is 136 g/mol. The minimum absolute atomic E-state index is 0.591. The zero-order chi connectivity index (χ0) is 5.82. The normalized spacial score (nSPS) is 23.0. The maximum atomic E-state index is 3.79. The van der Waals surface area contributed by atoms with E-state index in [9.17, 15) is 0 Å². The monoisotopic (exact) mass is 147 g/mol. The van der Waals surface area contributed by atoms with Crippen LogP contribution in [0.5, 0.6) is 0 Å². The summed E-state index contributed by atoms with van der Waals surface area (Å²) < 4.78 is 0. The van der Waals surface area contributed by atoms with Gasteiger partial charge in [0.2, 0.25) is 0 Å². The average molecular weight is 147 g/mol. The second kappa shape index (κ2) is 3.46. The van der Waals surface area contributed by atoms with E-state index in [-0.39, 0.29) is 0 Å². The van der Waals surface area contributed by atoms with Gasteiger partial charge in [0, 0.05) is 22.4 Å². The van der Waals surface area contributed by atoms with Crippen molar-refractivity contribution in [2.24, 2.45) is 0 Å². The van der Waals surface area contributed by atoms with Gasteiger partial charge in [0.25, 0.3) is 0 Å². The molecule has 0 saturated carbocycles. The molecule has 0 unspecified atom stereocenters. The lowest BCUT2D eigenvalue weighted by Crippen LogP contribution is -2.17. The minimum atomic E-state index is 0.591. The van der Waals surface area contributed by atoms with Gasteiger partial charge in [-0.1, -0.05) is 6.58 Å². The first kappa shape index (κ1) is 6.56. The Morgan fingerprint density at radius 2 is 2.00 bits per heavy atom. The Morgan fingerprint density at radius 3 is 2.38 bits per heavy atom. The van der Waals surface area contributed by atoms with Crippen LogP contribution in [0.4, 0.5) is 0 Å². The zero-order valence-corrected chi connectivity index (χ0v) is 6.56. The van der Waals surface area contributed by atoms with Crippen molar-refractivity contribution in [3.63, 3.8) is 0 Å². The first-order chi connectivity index (χ1) is 3.93. The Hall–Kier alpha value is 0.440. The fourth-order valence-electron chi connectivity index (χ4n) is 0.703. The quantitative estimate of drug-likeness (QED) is 0.506. The number of hydrogen-bond acceptors (Lipinski definition) is 1. The highest BCUT2D eigenvalue weighted by Crippen LogP contribution is 2.13. The Kier molecular flexibility index (Phi) is 2.84. The Morgan fingerprint density at radius 1 is 1.38 bits per heavy atom. The van der Waals surface area contributed by atoms with Gasteiger partial charge < -0.3 is 0 Å². The molecule has 0 aromatic rings. The largest absolute Gasteiger partial charge is 0.152 e. The molecule has 1 saturated heterocycles. The highest BCUT2D eigenvalue weighted by molar-refractivity contribution is 8.06. The summed E-state index contributed by atoms with van der Waals surface area (Å²) in [6.45, 7) is 3.79. The van der Waals surface area contributed by atoms with Gasteiger partial charge in [-0.3, -0.25) is 0 Å². The molecule has 0 spiro atoms. The lowest BCUT2D eigenvalue weighted by atomic mass is 10.9. The van der Waals surface area contributed by atoms with E-state index in [0.717, 1.165) is 0 Å². The van der Waals surface area contributed by atoms with Crippen molar-refractivity contribution in [1.29, 1.82) is 0 Å². The summed E-state index contributed by atoms with van der Waals surface area (Å²) in [5, 5.41) is 2.12. The van der Waals surface area contributed by atoms with E-state index in [4.69, 9.17) is 0 Å². The van der Waals surface area contributed by atoms with Crippen LogP contribution in [-0.2, 0) is 10.9 Å². The van der Waals surface area contributed by atoms with Crippen LogP contribution in [0.1, 0.15) is 0 Å². The summed E-state index contributed by atoms with van der Waals surface area (Å²) in [5.41, 5.74) is 0. The number of hydrogen-bond donors (Lipinski definition) is 0. The second-order valence-electron chi connectivity index (χ2n) is 1.72. The predicted molar refractivity (Wildman–Crippen MR) is 44.6 cm³/mol. The topological polar surface area (TPSA) is 0 Å². The highest BCUT2D eigenvalue weighted by Gasteiger charge is 2.17. The highest BCUT2D eigenvalue weighted by atomic mass is 32.2. The minimum Gasteiger partial charge on any atom is -0.152 e. The first-order valence-electron chi connectivity index (χ1n) is 2.80. The van der Waals surface area contributed by atoms with Crippen LogP contribution < -0.4 is 0 Å².